The summed E-state index contributed by atoms with van der Waals surface area (Å²) in [6, 6.07) is 1.98. The molecule has 20 heteroatoms. The van der Waals surface area contributed by atoms with Crippen LogP contribution in [0.15, 0.2) is 12.5 Å². The first-order chi connectivity index (χ1) is 14.3. The number of rotatable bonds is 8. The first-order valence-electron chi connectivity index (χ1n) is 7.87. The highest BCUT2D eigenvalue weighted by Gasteiger charge is 2.41. The van der Waals surface area contributed by atoms with Crippen molar-refractivity contribution in [2.75, 3.05) is 18.1 Å². The quantitative estimate of drug-likeness (QED) is 0.304. The number of aromatic nitrogens is 3. The summed E-state index contributed by atoms with van der Waals surface area (Å²) in [4.78, 5) is 43.6. The number of nitriles is 1. The molecule has 31 heavy (non-hydrogen) atoms. The lowest BCUT2D eigenvalue weighted by molar-refractivity contribution is -0.00194. The summed E-state index contributed by atoms with van der Waals surface area (Å²) in [6.45, 7) is -0.605. The molecular formula is C11H14N5O11P3S. The third kappa shape index (κ3) is 6.11. The summed E-state index contributed by atoms with van der Waals surface area (Å²) >= 11 is 1.14. The molecule has 1 aliphatic heterocycles. The molecule has 2 aromatic rings. The van der Waals surface area contributed by atoms with E-state index in [0.29, 0.717) is 16.8 Å². The maximum absolute atomic E-state index is 11.8. The minimum absolute atomic E-state index is 0.107. The fourth-order valence-corrected chi connectivity index (χ4v) is 6.66. The molecule has 170 valence electrons. The van der Waals surface area contributed by atoms with Crippen molar-refractivity contribution in [3.8, 4) is 6.07 Å². The van der Waals surface area contributed by atoms with Crippen molar-refractivity contribution in [1.29, 1.82) is 5.26 Å². The van der Waals surface area contributed by atoms with Gasteiger partial charge in [0.05, 0.1) is 17.6 Å². The lowest BCUT2D eigenvalue weighted by Crippen LogP contribution is -2.15. The molecule has 0 amide bonds. The number of anilines is 1. The molecule has 0 aliphatic carbocycles. The summed E-state index contributed by atoms with van der Waals surface area (Å²) in [5, 5.41) is 9.63. The summed E-state index contributed by atoms with van der Waals surface area (Å²) in [5.41, 5.74) is 5.51. The van der Waals surface area contributed by atoms with Crippen LogP contribution in [-0.4, -0.2) is 51.9 Å². The van der Waals surface area contributed by atoms with Crippen LogP contribution >= 0.6 is 35.2 Å². The predicted molar refractivity (Wildman–Crippen MR) is 103 cm³/mol. The third-order valence-electron chi connectivity index (χ3n) is 3.59. The van der Waals surface area contributed by atoms with Crippen LogP contribution in [0.4, 0.5) is 5.82 Å². The second-order valence-electron chi connectivity index (χ2n) is 5.76. The average Bonchev–Trinajstić information content (AvgIpc) is 3.21. The zero-order valence-electron chi connectivity index (χ0n) is 15.0. The van der Waals surface area contributed by atoms with E-state index in [0.717, 1.165) is 11.8 Å². The summed E-state index contributed by atoms with van der Waals surface area (Å²) in [7, 11) is -16.3. The van der Waals surface area contributed by atoms with Gasteiger partial charge in [-0.25, -0.2) is 23.7 Å². The highest BCUT2D eigenvalue weighted by atomic mass is 32.2. The second-order valence-corrected chi connectivity index (χ2v) is 11.4. The van der Waals surface area contributed by atoms with Gasteiger partial charge in [0.25, 0.3) is 0 Å². The lowest BCUT2D eigenvalue weighted by Gasteiger charge is -2.18. The zero-order chi connectivity index (χ0) is 23.0. The van der Waals surface area contributed by atoms with E-state index >= 15 is 0 Å². The minimum atomic E-state index is -5.60. The Balaban J connectivity index is 1.65. The van der Waals surface area contributed by atoms with Gasteiger partial charge in [-0.3, -0.25) is 4.52 Å². The Morgan fingerprint density at radius 3 is 2.61 bits per heavy atom. The van der Waals surface area contributed by atoms with Crippen LogP contribution < -0.4 is 5.73 Å². The van der Waals surface area contributed by atoms with Crippen molar-refractivity contribution in [2.24, 2.45) is 0 Å². The Bertz CT molecular complexity index is 1180. The van der Waals surface area contributed by atoms with Gasteiger partial charge in [-0.05, 0) is 0 Å². The van der Waals surface area contributed by atoms with Crippen LogP contribution in [0.25, 0.3) is 11.0 Å². The van der Waals surface area contributed by atoms with Crippen molar-refractivity contribution in [2.45, 2.75) is 11.7 Å². The molecule has 0 spiro atoms. The highest BCUT2D eigenvalue weighted by Crippen LogP contribution is 2.66. The molecule has 0 radical (unpaired) electrons. The Hall–Kier alpha value is -1.37. The van der Waals surface area contributed by atoms with Crippen LogP contribution in [0.5, 0.6) is 0 Å². The number of ether oxygens (including phenoxy) is 1. The van der Waals surface area contributed by atoms with Gasteiger partial charge in [0.2, 0.25) is 0 Å². The molecule has 3 heterocycles. The lowest BCUT2D eigenvalue weighted by atomic mass is 10.2. The summed E-state index contributed by atoms with van der Waals surface area (Å²) in [6.07, 6.45) is 2.01. The molecule has 2 unspecified atom stereocenters. The van der Waals surface area contributed by atoms with E-state index in [2.05, 4.69) is 23.1 Å². The molecule has 3 rings (SSSR count). The largest absolute Gasteiger partial charge is 0.490 e. The van der Waals surface area contributed by atoms with Gasteiger partial charge in [0.1, 0.15) is 35.5 Å². The van der Waals surface area contributed by atoms with Gasteiger partial charge >= 0.3 is 23.5 Å². The predicted octanol–water partition coefficient (Wildman–Crippen LogP) is 0.817. The Labute approximate surface area is 177 Å². The molecule has 16 nitrogen and oxygen atoms in total. The van der Waals surface area contributed by atoms with Crippen molar-refractivity contribution in [3.05, 3.63) is 18.1 Å². The zero-order valence-corrected chi connectivity index (χ0v) is 18.5. The van der Waals surface area contributed by atoms with E-state index in [1.807, 2.05) is 6.07 Å². The molecule has 0 aromatic carbocycles. The van der Waals surface area contributed by atoms with Gasteiger partial charge in [-0.1, -0.05) is 0 Å². The van der Waals surface area contributed by atoms with Crippen molar-refractivity contribution in [3.63, 3.8) is 0 Å². The van der Waals surface area contributed by atoms with Crippen molar-refractivity contribution < 1.29 is 51.2 Å². The number of fused-ring (bicyclic) bond motifs is 1. The Kier molecular flexibility index (Phi) is 6.95. The normalized spacial score (nSPS) is 23.3. The van der Waals surface area contributed by atoms with Crippen LogP contribution in [0.3, 0.4) is 0 Å². The van der Waals surface area contributed by atoms with Crippen LogP contribution in [0.2, 0.25) is 0 Å². The van der Waals surface area contributed by atoms with Crippen molar-refractivity contribution >= 4 is 52.1 Å². The number of thioether (sulfide) groups is 1. The molecule has 1 aliphatic rings. The standard InChI is InChI=1S/C11H14N5O11P3S/c12-1-6-2-16(11-9(6)10(13)14-5-15-11)7-4-31-8(25-7)3-24-29(20,21)27-30(22,23)26-28(17,18)19/h2,5,7-8H,3-4H2,(H,20,21)(H,22,23)(H2,13,14,15)(H2,17,18,19)/t7-,8+/m1/s1. The molecule has 4 atom stereocenters. The van der Waals surface area contributed by atoms with Gasteiger partial charge in [-0.2, -0.15) is 13.9 Å². The average molecular weight is 517 g/mol. The number of nitrogens with two attached hydrogens (primary N) is 1. The maximum Gasteiger partial charge on any atom is 0.490 e. The molecule has 6 N–H and O–H groups in total. The topological polar surface area (TPSA) is 250 Å². The smallest absolute Gasteiger partial charge is 0.383 e. The number of nitrogens with zero attached hydrogens (tertiary/aromatic N) is 4. The first kappa shape index (κ1) is 24.3. The van der Waals surface area contributed by atoms with Gasteiger partial charge in [0, 0.05) is 11.9 Å². The molecular weight excluding hydrogens is 503 g/mol. The monoisotopic (exact) mass is 517 g/mol. The summed E-state index contributed by atoms with van der Waals surface area (Å²) in [5.74, 6) is 0.415. The van der Waals surface area contributed by atoms with E-state index in [4.69, 9.17) is 25.2 Å². The van der Waals surface area contributed by atoms with Gasteiger partial charge in [0.15, 0.2) is 0 Å². The second kappa shape index (κ2) is 8.87. The Morgan fingerprint density at radius 1 is 1.26 bits per heavy atom. The molecule has 1 fully saturated rings. The molecule has 1 saturated heterocycles. The van der Waals surface area contributed by atoms with Crippen molar-refractivity contribution in [1.82, 2.24) is 14.5 Å². The third-order valence-corrected chi connectivity index (χ3v) is 8.49. The SMILES string of the molecule is N#Cc1cn([C@H]2CS[C@@H](COP(=O)(O)OP(=O)(O)OP(=O)(O)O)O2)c2ncnc(N)c12. The van der Waals surface area contributed by atoms with Crippen LogP contribution in [0, 0.1) is 11.3 Å². The van der Waals surface area contributed by atoms with Gasteiger partial charge in [-0.15, -0.1) is 11.8 Å². The molecule has 0 saturated carbocycles. The number of phosphoric ester groups is 1. The molecule has 0 bridgehead atoms. The number of phosphoric acid groups is 3. The van der Waals surface area contributed by atoms with E-state index in [9.17, 15) is 23.9 Å². The number of hydrogen-bond donors (Lipinski definition) is 5. The van der Waals surface area contributed by atoms with Gasteiger partial charge < -0.3 is 34.6 Å². The first-order valence-corrected chi connectivity index (χ1v) is 13.4. The van der Waals surface area contributed by atoms with Crippen LogP contribution in [-0.2, 0) is 31.6 Å². The fourth-order valence-electron chi connectivity index (χ4n) is 2.55. The Morgan fingerprint density at radius 2 is 1.97 bits per heavy atom. The summed E-state index contributed by atoms with van der Waals surface area (Å²) < 4.78 is 52.8. The van der Waals surface area contributed by atoms with Crippen LogP contribution in [0.1, 0.15) is 11.8 Å². The highest BCUT2D eigenvalue weighted by molar-refractivity contribution is 8.00. The van der Waals surface area contributed by atoms with E-state index < -0.39 is 41.7 Å². The maximum atomic E-state index is 11.8. The number of hydrogen-bond acceptors (Lipinski definition) is 12. The number of nitrogen functional groups attached to an aromatic ring is 1. The van der Waals surface area contributed by atoms with E-state index in [-0.39, 0.29) is 11.4 Å². The molecule has 2 aromatic heterocycles. The van der Waals surface area contributed by atoms with E-state index in [1.54, 1.807) is 0 Å². The van der Waals surface area contributed by atoms with E-state index in [1.165, 1.54) is 17.1 Å². The minimum Gasteiger partial charge on any atom is -0.383 e. The fraction of sp³-hybridized carbons (Fsp3) is 0.364.